The van der Waals surface area contributed by atoms with Crippen LogP contribution in [0.3, 0.4) is 0 Å². The lowest BCUT2D eigenvalue weighted by Crippen LogP contribution is -2.30. The second kappa shape index (κ2) is 6.13. The molecule has 6 heteroatoms. The number of H-pyrrole nitrogens is 1. The molecule has 0 bridgehead atoms. The summed E-state index contributed by atoms with van der Waals surface area (Å²) in [6.45, 7) is 5.46. The zero-order valence-corrected chi connectivity index (χ0v) is 9.08. The van der Waals surface area contributed by atoms with Crippen LogP contribution in [0, 0.1) is 0 Å². The normalized spacial score (nSPS) is 12.4. The van der Waals surface area contributed by atoms with E-state index < -0.39 is 0 Å². The minimum absolute atomic E-state index is 0.0138. The molecule has 0 aliphatic rings. The Morgan fingerprint density at radius 2 is 2.47 bits per heavy atom. The maximum Gasteiger partial charge on any atom is 0.221 e. The van der Waals surface area contributed by atoms with Gasteiger partial charge in [0, 0.05) is 13.0 Å². The van der Waals surface area contributed by atoms with Crippen molar-refractivity contribution in [2.24, 2.45) is 0 Å². The molecule has 0 saturated heterocycles. The predicted octanol–water partition coefficient (Wildman–Crippen LogP) is -0.0185. The number of rotatable bonds is 6. The van der Waals surface area contributed by atoms with E-state index in [2.05, 4.69) is 25.8 Å². The summed E-state index contributed by atoms with van der Waals surface area (Å²) in [4.78, 5) is 15.4. The predicted molar refractivity (Wildman–Crippen MR) is 56.1 cm³/mol. The molecule has 0 radical (unpaired) electrons. The van der Waals surface area contributed by atoms with Crippen LogP contribution in [-0.2, 0) is 4.79 Å². The maximum absolute atomic E-state index is 11.4. The average molecular weight is 211 g/mol. The molecule has 1 heterocycles. The Balaban J connectivity index is 2.26. The quantitative estimate of drug-likeness (QED) is 0.578. The Morgan fingerprint density at radius 3 is 3.07 bits per heavy atom. The van der Waals surface area contributed by atoms with Gasteiger partial charge >= 0.3 is 0 Å². The minimum Gasteiger partial charge on any atom is -0.346 e. The van der Waals surface area contributed by atoms with E-state index in [4.69, 9.17) is 0 Å². The number of nitrogens with zero attached hydrogens (tertiary/aromatic N) is 2. The van der Waals surface area contributed by atoms with Crippen LogP contribution in [0.2, 0.25) is 0 Å². The van der Waals surface area contributed by atoms with Gasteiger partial charge in [0.1, 0.15) is 12.2 Å². The Labute approximate surface area is 88.9 Å². The smallest absolute Gasteiger partial charge is 0.221 e. The Morgan fingerprint density at radius 1 is 1.67 bits per heavy atom. The Hall–Kier alpha value is -1.43. The molecule has 0 aliphatic heterocycles. The third-order valence-electron chi connectivity index (χ3n) is 2.00. The fourth-order valence-corrected chi connectivity index (χ4v) is 1.18. The third kappa shape index (κ3) is 4.07. The number of hydrogen-bond donors (Lipinski definition) is 3. The summed E-state index contributed by atoms with van der Waals surface area (Å²) in [5.74, 6) is 0.687. The molecule has 0 spiro atoms. The zero-order valence-electron chi connectivity index (χ0n) is 9.08. The van der Waals surface area contributed by atoms with Crippen molar-refractivity contribution in [3.63, 3.8) is 0 Å². The number of aromatic amines is 1. The molecular formula is C9H17N5O. The van der Waals surface area contributed by atoms with Crippen LogP contribution in [0.4, 0.5) is 0 Å². The van der Waals surface area contributed by atoms with Crippen LogP contribution >= 0.6 is 0 Å². The van der Waals surface area contributed by atoms with Crippen LogP contribution in [0.25, 0.3) is 0 Å². The van der Waals surface area contributed by atoms with Gasteiger partial charge in [0.2, 0.25) is 5.91 Å². The molecule has 1 aromatic heterocycles. The molecule has 0 saturated carbocycles. The molecule has 6 nitrogen and oxygen atoms in total. The van der Waals surface area contributed by atoms with Crippen molar-refractivity contribution in [3.8, 4) is 0 Å². The number of hydrogen-bond acceptors (Lipinski definition) is 4. The molecule has 0 aliphatic carbocycles. The van der Waals surface area contributed by atoms with Crippen LogP contribution in [-0.4, -0.2) is 34.2 Å². The highest BCUT2D eigenvalue weighted by molar-refractivity contribution is 5.76. The van der Waals surface area contributed by atoms with Gasteiger partial charge in [-0.15, -0.1) is 0 Å². The van der Waals surface area contributed by atoms with Crippen LogP contribution in [0.1, 0.15) is 32.1 Å². The molecule has 0 fully saturated rings. The summed E-state index contributed by atoms with van der Waals surface area (Å²) in [6, 6.07) is -0.123. The third-order valence-corrected chi connectivity index (χ3v) is 2.00. The lowest BCUT2D eigenvalue weighted by atomic mass is 10.3. The highest BCUT2D eigenvalue weighted by Crippen LogP contribution is 2.03. The molecule has 1 aromatic rings. The number of amides is 1. The molecule has 15 heavy (non-hydrogen) atoms. The van der Waals surface area contributed by atoms with E-state index in [0.29, 0.717) is 18.8 Å². The first kappa shape index (κ1) is 11.6. The summed E-state index contributed by atoms with van der Waals surface area (Å²) in [7, 11) is 0. The molecule has 1 amide bonds. The molecule has 1 unspecified atom stereocenters. The number of nitrogens with one attached hydrogen (secondary N) is 3. The standard InChI is InChI=1S/C9H17N5O/c1-3-10-5-4-8(15)13-7(2)9-11-6-12-14-9/h6-7,10H,3-5H2,1-2H3,(H,13,15)(H,11,12,14). The van der Waals surface area contributed by atoms with E-state index in [1.54, 1.807) is 0 Å². The lowest BCUT2D eigenvalue weighted by molar-refractivity contribution is -0.121. The van der Waals surface area contributed by atoms with Crippen LogP contribution in [0.5, 0.6) is 0 Å². The SMILES string of the molecule is CCNCCC(=O)NC(C)c1ncn[nH]1. The van der Waals surface area contributed by atoms with Gasteiger partial charge in [-0.2, -0.15) is 5.10 Å². The fraction of sp³-hybridized carbons (Fsp3) is 0.667. The van der Waals surface area contributed by atoms with E-state index in [1.807, 2.05) is 13.8 Å². The minimum atomic E-state index is -0.123. The van der Waals surface area contributed by atoms with E-state index in [-0.39, 0.29) is 11.9 Å². The van der Waals surface area contributed by atoms with Crippen molar-refractivity contribution in [2.45, 2.75) is 26.3 Å². The average Bonchev–Trinajstić information content (AvgIpc) is 2.70. The summed E-state index contributed by atoms with van der Waals surface area (Å²) < 4.78 is 0. The first-order chi connectivity index (χ1) is 7.24. The van der Waals surface area contributed by atoms with Crippen molar-refractivity contribution < 1.29 is 4.79 Å². The molecule has 3 N–H and O–H groups in total. The largest absolute Gasteiger partial charge is 0.346 e. The highest BCUT2D eigenvalue weighted by atomic mass is 16.1. The van der Waals surface area contributed by atoms with E-state index in [1.165, 1.54) is 6.33 Å². The Bertz CT molecular complexity index is 285. The molecule has 1 atom stereocenters. The number of aromatic nitrogens is 3. The second-order valence-corrected chi connectivity index (χ2v) is 3.26. The van der Waals surface area contributed by atoms with E-state index in [0.717, 1.165) is 6.54 Å². The van der Waals surface area contributed by atoms with Crippen LogP contribution in [0.15, 0.2) is 6.33 Å². The summed E-state index contributed by atoms with van der Waals surface area (Å²) in [6.07, 6.45) is 1.91. The monoisotopic (exact) mass is 211 g/mol. The second-order valence-electron chi connectivity index (χ2n) is 3.26. The van der Waals surface area contributed by atoms with Gasteiger partial charge in [-0.1, -0.05) is 6.92 Å². The number of carbonyl (C=O) groups is 1. The first-order valence-electron chi connectivity index (χ1n) is 5.09. The highest BCUT2D eigenvalue weighted by Gasteiger charge is 2.10. The van der Waals surface area contributed by atoms with Gasteiger partial charge in [-0.25, -0.2) is 4.98 Å². The Kier molecular flexibility index (Phi) is 4.76. The molecule has 1 rings (SSSR count). The van der Waals surface area contributed by atoms with Crippen molar-refractivity contribution in [2.75, 3.05) is 13.1 Å². The van der Waals surface area contributed by atoms with Gasteiger partial charge in [0.05, 0.1) is 6.04 Å². The topological polar surface area (TPSA) is 82.7 Å². The van der Waals surface area contributed by atoms with E-state index in [9.17, 15) is 4.79 Å². The molecular weight excluding hydrogens is 194 g/mol. The van der Waals surface area contributed by atoms with Crippen LogP contribution < -0.4 is 10.6 Å². The van der Waals surface area contributed by atoms with Gasteiger partial charge in [-0.3, -0.25) is 9.89 Å². The van der Waals surface area contributed by atoms with Crippen molar-refractivity contribution in [3.05, 3.63) is 12.2 Å². The summed E-state index contributed by atoms with van der Waals surface area (Å²) in [5, 5.41) is 12.4. The first-order valence-corrected chi connectivity index (χ1v) is 5.09. The van der Waals surface area contributed by atoms with Gasteiger partial charge < -0.3 is 10.6 Å². The lowest BCUT2D eigenvalue weighted by Gasteiger charge is -2.10. The summed E-state index contributed by atoms with van der Waals surface area (Å²) >= 11 is 0. The van der Waals surface area contributed by atoms with Gasteiger partial charge in [-0.05, 0) is 13.5 Å². The fourth-order valence-electron chi connectivity index (χ4n) is 1.18. The molecule has 0 aromatic carbocycles. The van der Waals surface area contributed by atoms with Crippen molar-refractivity contribution >= 4 is 5.91 Å². The van der Waals surface area contributed by atoms with Gasteiger partial charge in [0.25, 0.3) is 0 Å². The molecule has 84 valence electrons. The maximum atomic E-state index is 11.4. The number of carbonyl (C=O) groups excluding carboxylic acids is 1. The zero-order chi connectivity index (χ0) is 11.1. The summed E-state index contributed by atoms with van der Waals surface area (Å²) in [5.41, 5.74) is 0. The van der Waals surface area contributed by atoms with Crippen molar-refractivity contribution in [1.82, 2.24) is 25.8 Å². The van der Waals surface area contributed by atoms with E-state index >= 15 is 0 Å². The van der Waals surface area contributed by atoms with Crippen molar-refractivity contribution in [1.29, 1.82) is 0 Å². The van der Waals surface area contributed by atoms with Gasteiger partial charge in [0.15, 0.2) is 0 Å².